The minimum absolute atomic E-state index is 1.06. The van der Waals surface area contributed by atoms with E-state index >= 15 is 0 Å². The monoisotopic (exact) mass is 246 g/mol. The predicted molar refractivity (Wildman–Crippen MR) is 80.0 cm³/mol. The number of H-pyrrole nitrogens is 1. The van der Waals surface area contributed by atoms with E-state index in [0.29, 0.717) is 0 Å². The summed E-state index contributed by atoms with van der Waals surface area (Å²) in [5.41, 5.74) is 1.06. The van der Waals surface area contributed by atoms with Gasteiger partial charge in [-0.3, -0.25) is 4.98 Å². The van der Waals surface area contributed by atoms with Gasteiger partial charge in [0.05, 0.1) is 5.52 Å². The lowest BCUT2D eigenvalue weighted by Gasteiger charge is -2.00. The smallest absolute Gasteiger partial charge is 0.0708 e. The maximum atomic E-state index is 4.33. The Labute approximate surface area is 111 Å². The second-order valence-corrected chi connectivity index (χ2v) is 4.28. The molecule has 0 aliphatic heterocycles. The lowest BCUT2D eigenvalue weighted by Crippen LogP contribution is -1.78. The molecule has 4 aromatic rings. The number of rotatable bonds is 0. The molecule has 0 fully saturated rings. The van der Waals surface area contributed by atoms with Crippen molar-refractivity contribution in [1.82, 2.24) is 9.97 Å². The SMILES string of the molecule is c1cc[nH]c1.c1ccc2cc3ncccc3cc2c1. The van der Waals surface area contributed by atoms with E-state index in [1.807, 2.05) is 36.8 Å². The van der Waals surface area contributed by atoms with Gasteiger partial charge in [-0.2, -0.15) is 0 Å². The number of pyridine rings is 1. The van der Waals surface area contributed by atoms with E-state index in [1.165, 1.54) is 16.2 Å². The summed E-state index contributed by atoms with van der Waals surface area (Å²) in [6, 6.07) is 20.6. The van der Waals surface area contributed by atoms with E-state index in [0.717, 1.165) is 5.52 Å². The van der Waals surface area contributed by atoms with Crippen molar-refractivity contribution >= 4 is 21.7 Å². The fraction of sp³-hybridized carbons (Fsp3) is 0. The zero-order chi connectivity index (χ0) is 12.9. The Bertz CT molecular complexity index is 651. The maximum Gasteiger partial charge on any atom is 0.0708 e. The van der Waals surface area contributed by atoms with Gasteiger partial charge in [-0.1, -0.05) is 30.3 Å². The number of benzene rings is 2. The van der Waals surface area contributed by atoms with E-state index < -0.39 is 0 Å². The molecule has 0 unspecified atom stereocenters. The van der Waals surface area contributed by atoms with Gasteiger partial charge in [0.1, 0.15) is 0 Å². The van der Waals surface area contributed by atoms with Crippen molar-refractivity contribution in [2.45, 2.75) is 0 Å². The third-order valence-corrected chi connectivity index (χ3v) is 2.97. The van der Waals surface area contributed by atoms with Crippen molar-refractivity contribution in [3.05, 3.63) is 79.3 Å². The highest BCUT2D eigenvalue weighted by Gasteiger charge is 1.96. The number of nitrogens with one attached hydrogen (secondary N) is 1. The molecule has 0 bridgehead atoms. The van der Waals surface area contributed by atoms with Crippen LogP contribution in [0.15, 0.2) is 79.3 Å². The van der Waals surface area contributed by atoms with Crippen molar-refractivity contribution in [1.29, 1.82) is 0 Å². The molecule has 0 saturated carbocycles. The van der Waals surface area contributed by atoms with Crippen molar-refractivity contribution in [2.75, 3.05) is 0 Å². The van der Waals surface area contributed by atoms with Gasteiger partial charge in [-0.25, -0.2) is 0 Å². The van der Waals surface area contributed by atoms with E-state index in [9.17, 15) is 0 Å². The predicted octanol–water partition coefficient (Wildman–Crippen LogP) is 4.40. The molecule has 0 saturated heterocycles. The number of hydrogen-bond acceptors (Lipinski definition) is 1. The molecule has 0 spiro atoms. The highest BCUT2D eigenvalue weighted by molar-refractivity contribution is 5.96. The van der Waals surface area contributed by atoms with Crippen LogP contribution in [0.2, 0.25) is 0 Å². The van der Waals surface area contributed by atoms with Crippen LogP contribution in [-0.4, -0.2) is 9.97 Å². The van der Waals surface area contributed by atoms with Crippen LogP contribution < -0.4 is 0 Å². The summed E-state index contributed by atoms with van der Waals surface area (Å²) < 4.78 is 0. The van der Waals surface area contributed by atoms with E-state index in [4.69, 9.17) is 0 Å². The Kier molecular flexibility index (Phi) is 3.24. The van der Waals surface area contributed by atoms with E-state index in [2.05, 4.69) is 52.4 Å². The summed E-state index contributed by atoms with van der Waals surface area (Å²) in [7, 11) is 0. The molecule has 2 heteroatoms. The first-order chi connectivity index (χ1) is 9.43. The minimum atomic E-state index is 1.06. The minimum Gasteiger partial charge on any atom is -0.368 e. The average Bonchev–Trinajstić information content (AvgIpc) is 3.04. The fourth-order valence-electron chi connectivity index (χ4n) is 2.04. The zero-order valence-corrected chi connectivity index (χ0v) is 10.5. The number of aromatic nitrogens is 2. The Balaban J connectivity index is 0.000000187. The van der Waals surface area contributed by atoms with Crippen LogP contribution in [0.3, 0.4) is 0 Å². The summed E-state index contributed by atoms with van der Waals surface area (Å²) >= 11 is 0. The second kappa shape index (κ2) is 5.36. The molecule has 2 nitrogen and oxygen atoms in total. The van der Waals surface area contributed by atoms with Crippen molar-refractivity contribution in [3.8, 4) is 0 Å². The standard InChI is InChI=1S/C13H9N.C4H5N/c1-2-5-11-9-13-12(6-3-7-14-13)8-10(11)4-1;1-2-4-5-3-1/h1-9H;1-5H. The Morgan fingerprint density at radius 1 is 0.684 bits per heavy atom. The highest BCUT2D eigenvalue weighted by Crippen LogP contribution is 2.20. The highest BCUT2D eigenvalue weighted by atomic mass is 14.6. The van der Waals surface area contributed by atoms with Crippen LogP contribution in [0.1, 0.15) is 0 Å². The molecular formula is C17H14N2. The molecule has 2 heterocycles. The summed E-state index contributed by atoms with van der Waals surface area (Å²) in [5, 5.41) is 3.72. The molecule has 2 aromatic carbocycles. The van der Waals surface area contributed by atoms with Crippen molar-refractivity contribution in [2.24, 2.45) is 0 Å². The number of nitrogens with zero attached hydrogens (tertiary/aromatic N) is 1. The molecule has 0 aliphatic rings. The average molecular weight is 246 g/mol. The maximum absolute atomic E-state index is 4.33. The van der Waals surface area contributed by atoms with Crippen molar-refractivity contribution < 1.29 is 0 Å². The third-order valence-electron chi connectivity index (χ3n) is 2.97. The van der Waals surface area contributed by atoms with Gasteiger partial charge in [0, 0.05) is 24.0 Å². The first-order valence-corrected chi connectivity index (χ1v) is 6.25. The molecule has 2 aromatic heterocycles. The Morgan fingerprint density at radius 2 is 1.37 bits per heavy atom. The molecule has 0 radical (unpaired) electrons. The van der Waals surface area contributed by atoms with Crippen molar-refractivity contribution in [3.63, 3.8) is 0 Å². The molecule has 1 N–H and O–H groups in total. The van der Waals surface area contributed by atoms with Crippen LogP contribution >= 0.6 is 0 Å². The third kappa shape index (κ3) is 2.63. The second-order valence-electron chi connectivity index (χ2n) is 4.28. The molecule has 92 valence electrons. The molecule has 19 heavy (non-hydrogen) atoms. The van der Waals surface area contributed by atoms with Gasteiger partial charge in [-0.15, -0.1) is 0 Å². The number of hydrogen-bond donors (Lipinski definition) is 1. The summed E-state index contributed by atoms with van der Waals surface area (Å²) in [4.78, 5) is 7.19. The molecule has 4 rings (SSSR count). The van der Waals surface area contributed by atoms with Crippen LogP contribution in [0.4, 0.5) is 0 Å². The van der Waals surface area contributed by atoms with E-state index in [-0.39, 0.29) is 0 Å². The van der Waals surface area contributed by atoms with Crippen LogP contribution in [-0.2, 0) is 0 Å². The van der Waals surface area contributed by atoms with Crippen LogP contribution in [0.25, 0.3) is 21.7 Å². The van der Waals surface area contributed by atoms with Gasteiger partial charge < -0.3 is 4.98 Å². The largest absolute Gasteiger partial charge is 0.368 e. The summed E-state index contributed by atoms with van der Waals surface area (Å²) in [6.45, 7) is 0. The topological polar surface area (TPSA) is 28.7 Å². The number of aromatic amines is 1. The van der Waals surface area contributed by atoms with Crippen LogP contribution in [0, 0.1) is 0 Å². The van der Waals surface area contributed by atoms with Gasteiger partial charge in [-0.05, 0) is 41.1 Å². The Hall–Kier alpha value is -2.61. The molecule has 0 aliphatic carbocycles. The molecule has 0 atom stereocenters. The normalized spacial score (nSPS) is 10.1. The zero-order valence-electron chi connectivity index (χ0n) is 10.5. The lowest BCUT2D eigenvalue weighted by molar-refractivity contribution is 1.42. The Morgan fingerprint density at radius 3 is 2.05 bits per heavy atom. The van der Waals surface area contributed by atoms with Crippen LogP contribution in [0.5, 0.6) is 0 Å². The van der Waals surface area contributed by atoms with E-state index in [1.54, 1.807) is 0 Å². The first-order valence-electron chi connectivity index (χ1n) is 6.25. The summed E-state index contributed by atoms with van der Waals surface area (Å²) in [5.74, 6) is 0. The molecule has 0 amide bonds. The number of fused-ring (bicyclic) bond motifs is 2. The quantitative estimate of drug-likeness (QED) is 0.458. The fourth-order valence-corrected chi connectivity index (χ4v) is 2.04. The molecular weight excluding hydrogens is 232 g/mol. The van der Waals surface area contributed by atoms with Gasteiger partial charge in [0.2, 0.25) is 0 Å². The first kappa shape index (κ1) is 11.5. The van der Waals surface area contributed by atoms with Gasteiger partial charge in [0.25, 0.3) is 0 Å². The lowest BCUT2D eigenvalue weighted by atomic mass is 10.1. The van der Waals surface area contributed by atoms with Gasteiger partial charge in [0.15, 0.2) is 0 Å². The van der Waals surface area contributed by atoms with Gasteiger partial charge >= 0.3 is 0 Å². The summed E-state index contributed by atoms with van der Waals surface area (Å²) in [6.07, 6.45) is 5.58.